The van der Waals surface area contributed by atoms with Crippen molar-refractivity contribution in [3.8, 4) is 5.75 Å². The number of nitrogens with one attached hydrogen (secondary N) is 2. The highest BCUT2D eigenvalue weighted by atomic mass is 16.5. The summed E-state index contributed by atoms with van der Waals surface area (Å²) in [5.74, 6) is 0.793. The van der Waals surface area contributed by atoms with E-state index in [0.717, 1.165) is 12.8 Å². The normalized spacial score (nSPS) is 22.4. The number of methoxy groups -OCH3 is 1. The van der Waals surface area contributed by atoms with Crippen molar-refractivity contribution >= 4 is 29.2 Å². The van der Waals surface area contributed by atoms with Crippen LogP contribution in [0, 0.1) is 11.8 Å². The zero-order valence-corrected chi connectivity index (χ0v) is 22.6. The van der Waals surface area contributed by atoms with E-state index in [4.69, 9.17) is 9.47 Å². The topological polar surface area (TPSA) is 100 Å². The van der Waals surface area contributed by atoms with Gasteiger partial charge >= 0.3 is 6.03 Å². The molecule has 1 aliphatic heterocycles. The van der Waals surface area contributed by atoms with Crippen LogP contribution in [0.25, 0.3) is 0 Å². The largest absolute Gasteiger partial charge is 0.491 e. The molecule has 2 N–H and O–H groups in total. The lowest BCUT2D eigenvalue weighted by atomic mass is 10.0. The molecule has 0 bridgehead atoms. The summed E-state index contributed by atoms with van der Waals surface area (Å²) in [6, 6.07) is 13.5. The fourth-order valence-corrected chi connectivity index (χ4v) is 4.70. The Hall–Kier alpha value is -3.59. The molecule has 0 aromatic heterocycles. The quantitative estimate of drug-likeness (QED) is 0.604. The summed E-state index contributed by atoms with van der Waals surface area (Å²) in [6.07, 6.45) is 2.53. The van der Waals surface area contributed by atoms with Crippen LogP contribution in [0.3, 0.4) is 0 Å². The molecule has 2 aromatic carbocycles. The Labute approximate surface area is 224 Å². The lowest BCUT2D eigenvalue weighted by molar-refractivity contribution is -0.135. The predicted octanol–water partition coefficient (Wildman–Crippen LogP) is 4.46. The second kappa shape index (κ2) is 12.3. The molecule has 4 amide bonds. The van der Waals surface area contributed by atoms with Crippen molar-refractivity contribution in [2.24, 2.45) is 11.8 Å². The van der Waals surface area contributed by atoms with Crippen LogP contribution in [0.1, 0.15) is 43.5 Å². The average molecular weight is 523 g/mol. The van der Waals surface area contributed by atoms with Gasteiger partial charge in [-0.25, -0.2) is 4.79 Å². The molecule has 9 heteroatoms. The minimum absolute atomic E-state index is 0.00873. The molecule has 1 heterocycles. The van der Waals surface area contributed by atoms with E-state index in [0.29, 0.717) is 48.1 Å². The van der Waals surface area contributed by atoms with Gasteiger partial charge in [0.15, 0.2) is 0 Å². The molecule has 0 spiro atoms. The van der Waals surface area contributed by atoms with Crippen molar-refractivity contribution in [1.29, 1.82) is 0 Å². The van der Waals surface area contributed by atoms with Gasteiger partial charge in [-0.2, -0.15) is 0 Å². The van der Waals surface area contributed by atoms with Crippen LogP contribution in [0.5, 0.6) is 5.75 Å². The van der Waals surface area contributed by atoms with Gasteiger partial charge in [0.2, 0.25) is 5.91 Å². The smallest absolute Gasteiger partial charge is 0.323 e. The standard InChI is InChI=1S/C29H38N4O5/c1-19-16-33(27(34)14-21-10-11-21)20(2)18-38-25-13-12-23(31-29(36)30-22-8-6-5-7-9-22)15-24(25)28(35)32(3)17-26(19)37-4/h5-9,12-13,15,19-21,26H,10-11,14,16-18H2,1-4H3,(H2,30,31,36)/t19-,20+,26+/m1/s1. The Morgan fingerprint density at radius 2 is 1.74 bits per heavy atom. The van der Waals surface area contributed by atoms with Gasteiger partial charge in [0.1, 0.15) is 12.4 Å². The number of para-hydroxylation sites is 1. The maximum absolute atomic E-state index is 13.5. The summed E-state index contributed by atoms with van der Waals surface area (Å²) >= 11 is 0. The molecular formula is C29H38N4O5. The van der Waals surface area contributed by atoms with Crippen LogP contribution in [-0.2, 0) is 9.53 Å². The van der Waals surface area contributed by atoms with Crippen LogP contribution in [0.4, 0.5) is 16.2 Å². The van der Waals surface area contributed by atoms with Gasteiger partial charge in [-0.3, -0.25) is 9.59 Å². The zero-order valence-electron chi connectivity index (χ0n) is 22.6. The fraction of sp³-hybridized carbons (Fsp3) is 0.483. The third kappa shape index (κ3) is 7.04. The highest BCUT2D eigenvalue weighted by Crippen LogP contribution is 2.33. The van der Waals surface area contributed by atoms with Gasteiger partial charge in [-0.05, 0) is 56.0 Å². The number of hydrogen-bond acceptors (Lipinski definition) is 5. The first-order valence-electron chi connectivity index (χ1n) is 13.2. The Balaban J connectivity index is 1.57. The number of urea groups is 1. The van der Waals surface area contributed by atoms with E-state index in [1.165, 1.54) is 0 Å². The summed E-state index contributed by atoms with van der Waals surface area (Å²) in [5.41, 5.74) is 1.45. The summed E-state index contributed by atoms with van der Waals surface area (Å²) < 4.78 is 11.9. The van der Waals surface area contributed by atoms with E-state index >= 15 is 0 Å². The molecule has 1 fully saturated rings. The number of ether oxygens (including phenoxy) is 2. The van der Waals surface area contributed by atoms with Crippen LogP contribution in [0.2, 0.25) is 0 Å². The molecule has 9 nitrogen and oxygen atoms in total. The number of likely N-dealkylation sites (N-methyl/N-ethyl adjacent to an activating group) is 1. The number of fused-ring (bicyclic) bond motifs is 1. The molecule has 3 atom stereocenters. The van der Waals surface area contributed by atoms with Crippen molar-refractivity contribution in [3.63, 3.8) is 0 Å². The number of amides is 4. The predicted molar refractivity (Wildman–Crippen MR) is 146 cm³/mol. The number of benzene rings is 2. The summed E-state index contributed by atoms with van der Waals surface area (Å²) in [6.45, 7) is 5.14. The first-order chi connectivity index (χ1) is 18.2. The van der Waals surface area contributed by atoms with Gasteiger partial charge in [0.05, 0.1) is 17.7 Å². The van der Waals surface area contributed by atoms with E-state index in [9.17, 15) is 14.4 Å². The molecule has 0 unspecified atom stereocenters. The fourth-order valence-electron chi connectivity index (χ4n) is 4.70. The summed E-state index contributed by atoms with van der Waals surface area (Å²) in [4.78, 5) is 42.8. The Kier molecular flexibility index (Phi) is 8.89. The lowest BCUT2D eigenvalue weighted by Crippen LogP contribution is -2.48. The van der Waals surface area contributed by atoms with E-state index in [1.807, 2.05) is 36.9 Å². The molecule has 0 saturated heterocycles. The zero-order chi connectivity index (χ0) is 27.2. The number of rotatable bonds is 5. The number of carbonyl (C=O) groups excluding carboxylic acids is 3. The second-order valence-corrected chi connectivity index (χ2v) is 10.4. The van der Waals surface area contributed by atoms with E-state index < -0.39 is 6.03 Å². The molecule has 1 saturated carbocycles. The van der Waals surface area contributed by atoms with Gasteiger partial charge in [-0.15, -0.1) is 0 Å². The molecule has 38 heavy (non-hydrogen) atoms. The number of carbonyl (C=O) groups is 3. The summed E-state index contributed by atoms with van der Waals surface area (Å²) in [5, 5.41) is 5.56. The first kappa shape index (κ1) is 27.4. The van der Waals surface area contributed by atoms with Gasteiger partial charge in [0, 0.05) is 51.0 Å². The first-order valence-corrected chi connectivity index (χ1v) is 13.2. The van der Waals surface area contributed by atoms with Gasteiger partial charge < -0.3 is 29.9 Å². The highest BCUT2D eigenvalue weighted by molar-refractivity contribution is 6.02. The number of hydrogen-bond donors (Lipinski definition) is 2. The van der Waals surface area contributed by atoms with E-state index in [2.05, 4.69) is 10.6 Å². The molecule has 2 aromatic rings. The minimum atomic E-state index is -0.419. The third-order valence-corrected chi connectivity index (χ3v) is 7.21. The number of nitrogens with zero attached hydrogens (tertiary/aromatic N) is 2. The van der Waals surface area contributed by atoms with Crippen LogP contribution >= 0.6 is 0 Å². The van der Waals surface area contributed by atoms with Crippen molar-refractivity contribution in [1.82, 2.24) is 9.80 Å². The molecule has 0 radical (unpaired) electrons. The summed E-state index contributed by atoms with van der Waals surface area (Å²) in [7, 11) is 3.35. The van der Waals surface area contributed by atoms with Crippen molar-refractivity contribution in [2.75, 3.05) is 44.5 Å². The maximum Gasteiger partial charge on any atom is 0.323 e. The van der Waals surface area contributed by atoms with Gasteiger partial charge in [-0.1, -0.05) is 25.1 Å². The Morgan fingerprint density at radius 3 is 2.42 bits per heavy atom. The van der Waals surface area contributed by atoms with Crippen molar-refractivity contribution in [2.45, 2.75) is 45.3 Å². The number of anilines is 2. The maximum atomic E-state index is 13.5. The SMILES string of the molecule is CO[C@H]1CN(C)C(=O)c2cc(NC(=O)Nc3ccccc3)ccc2OC[C@H](C)N(C(=O)CC2CC2)C[C@H]1C. The molecule has 4 rings (SSSR count). The molecule has 204 valence electrons. The lowest BCUT2D eigenvalue weighted by Gasteiger charge is -2.36. The highest BCUT2D eigenvalue weighted by Gasteiger charge is 2.33. The second-order valence-electron chi connectivity index (χ2n) is 10.4. The molecule has 1 aliphatic carbocycles. The van der Waals surface area contributed by atoms with Crippen LogP contribution in [0.15, 0.2) is 48.5 Å². The van der Waals surface area contributed by atoms with Crippen LogP contribution in [-0.4, -0.2) is 73.6 Å². The van der Waals surface area contributed by atoms with Crippen molar-refractivity contribution in [3.05, 3.63) is 54.1 Å². The van der Waals surface area contributed by atoms with E-state index in [1.54, 1.807) is 49.4 Å². The molecule has 2 aliphatic rings. The third-order valence-electron chi connectivity index (χ3n) is 7.21. The van der Waals surface area contributed by atoms with Crippen LogP contribution < -0.4 is 15.4 Å². The monoisotopic (exact) mass is 522 g/mol. The Bertz CT molecular complexity index is 1140. The van der Waals surface area contributed by atoms with Crippen molar-refractivity contribution < 1.29 is 23.9 Å². The average Bonchev–Trinajstić information content (AvgIpc) is 3.72. The molecular weight excluding hydrogens is 484 g/mol. The van der Waals surface area contributed by atoms with Gasteiger partial charge in [0.25, 0.3) is 5.91 Å². The minimum Gasteiger partial charge on any atom is -0.491 e. The Morgan fingerprint density at radius 1 is 1.03 bits per heavy atom. The van der Waals surface area contributed by atoms with E-state index in [-0.39, 0.29) is 36.5 Å².